The van der Waals surface area contributed by atoms with Gasteiger partial charge in [0.25, 0.3) is 0 Å². The maximum absolute atomic E-state index is 4.66. The van der Waals surface area contributed by atoms with Gasteiger partial charge in [-0.15, -0.1) is 0 Å². The van der Waals surface area contributed by atoms with Gasteiger partial charge in [0.15, 0.2) is 5.65 Å². The Morgan fingerprint density at radius 1 is 1.15 bits per heavy atom. The molecule has 0 bridgehead atoms. The topological polar surface area (TPSA) is 42.2 Å². The average molecular weight is 331 g/mol. The second kappa shape index (κ2) is 5.34. The summed E-state index contributed by atoms with van der Waals surface area (Å²) in [5.74, 6) is 0. The van der Waals surface area contributed by atoms with Gasteiger partial charge in [-0.3, -0.25) is 0 Å². The van der Waals surface area contributed by atoms with Gasteiger partial charge in [-0.05, 0) is 42.0 Å². The van der Waals surface area contributed by atoms with Gasteiger partial charge in [-0.2, -0.15) is 5.10 Å². The highest BCUT2D eigenvalue weighted by Crippen LogP contribution is 2.22. The molecule has 1 aromatic carbocycles. The van der Waals surface area contributed by atoms with E-state index in [0.29, 0.717) is 6.54 Å². The molecule has 0 unspecified atom stereocenters. The van der Waals surface area contributed by atoms with E-state index in [4.69, 9.17) is 0 Å². The zero-order valence-electron chi connectivity index (χ0n) is 11.4. The minimum atomic E-state index is 0.712. The molecular formula is C15H15BrN4. The molecule has 1 N–H and O–H groups in total. The van der Waals surface area contributed by atoms with Crippen molar-refractivity contribution >= 4 is 21.6 Å². The van der Waals surface area contributed by atoms with Crippen molar-refractivity contribution in [2.45, 2.75) is 13.5 Å². The van der Waals surface area contributed by atoms with Crippen LogP contribution in [-0.2, 0) is 6.54 Å². The van der Waals surface area contributed by atoms with E-state index in [9.17, 15) is 0 Å². The van der Waals surface area contributed by atoms with E-state index in [1.54, 1.807) is 0 Å². The van der Waals surface area contributed by atoms with Gasteiger partial charge in [0, 0.05) is 12.1 Å². The number of benzene rings is 1. The molecule has 3 rings (SSSR count). The van der Waals surface area contributed by atoms with Gasteiger partial charge >= 0.3 is 0 Å². The van der Waals surface area contributed by atoms with Crippen molar-refractivity contribution in [2.24, 2.45) is 0 Å². The Morgan fingerprint density at radius 2 is 1.90 bits per heavy atom. The first kappa shape index (κ1) is 13.3. The number of hydrogen-bond acceptors (Lipinski definition) is 3. The molecule has 0 saturated carbocycles. The number of imidazole rings is 1. The van der Waals surface area contributed by atoms with Crippen LogP contribution in [0.5, 0.6) is 0 Å². The fourth-order valence-electron chi connectivity index (χ4n) is 2.11. The third kappa shape index (κ3) is 2.34. The molecule has 0 atom stereocenters. The number of nitrogens with one attached hydrogen (secondary N) is 1. The maximum Gasteiger partial charge on any atom is 0.155 e. The summed E-state index contributed by atoms with van der Waals surface area (Å²) >= 11 is 3.57. The second-order valence-electron chi connectivity index (χ2n) is 4.73. The summed E-state index contributed by atoms with van der Waals surface area (Å²) in [4.78, 5) is 4.54. The Kier molecular flexibility index (Phi) is 3.54. The largest absolute Gasteiger partial charge is 0.314 e. The van der Waals surface area contributed by atoms with Crippen LogP contribution in [0.2, 0.25) is 0 Å². The summed E-state index contributed by atoms with van der Waals surface area (Å²) < 4.78 is 2.73. The number of nitrogens with zero attached hydrogens (tertiary/aromatic N) is 3. The SMILES string of the molecule is CNCc1nc2ccc(-c3ccc(C)cc3)nn2c1Br. The molecule has 3 aromatic rings. The second-order valence-corrected chi connectivity index (χ2v) is 5.49. The van der Waals surface area contributed by atoms with E-state index < -0.39 is 0 Å². The molecule has 0 spiro atoms. The number of aromatic nitrogens is 3. The first-order valence-corrected chi connectivity index (χ1v) is 7.24. The standard InChI is InChI=1S/C15H15BrN4/c1-10-3-5-11(6-4-10)12-7-8-14-18-13(9-17-2)15(16)20(14)19-12/h3-8,17H,9H2,1-2H3. The van der Waals surface area contributed by atoms with Gasteiger partial charge in [0.05, 0.1) is 11.4 Å². The molecule has 0 amide bonds. The van der Waals surface area contributed by atoms with Crippen LogP contribution in [0, 0.1) is 6.92 Å². The smallest absolute Gasteiger partial charge is 0.155 e. The number of aryl methyl sites for hydroxylation is 1. The summed E-state index contributed by atoms with van der Waals surface area (Å²) in [6.07, 6.45) is 0. The van der Waals surface area contributed by atoms with Gasteiger partial charge in [-0.1, -0.05) is 29.8 Å². The van der Waals surface area contributed by atoms with Crippen molar-refractivity contribution in [3.63, 3.8) is 0 Å². The number of rotatable bonds is 3. The third-order valence-corrected chi connectivity index (χ3v) is 3.97. The monoisotopic (exact) mass is 330 g/mol. The highest BCUT2D eigenvalue weighted by atomic mass is 79.9. The molecule has 5 heteroatoms. The molecular weight excluding hydrogens is 316 g/mol. The molecule has 4 nitrogen and oxygen atoms in total. The highest BCUT2D eigenvalue weighted by Gasteiger charge is 2.11. The van der Waals surface area contributed by atoms with Crippen molar-refractivity contribution in [3.05, 3.63) is 52.3 Å². The normalized spacial score (nSPS) is 11.2. The zero-order chi connectivity index (χ0) is 14.1. The van der Waals surface area contributed by atoms with Crippen LogP contribution in [0.1, 0.15) is 11.3 Å². The molecule has 2 aromatic heterocycles. The molecule has 0 radical (unpaired) electrons. The van der Waals surface area contributed by atoms with Crippen molar-refractivity contribution in [2.75, 3.05) is 7.05 Å². The van der Waals surface area contributed by atoms with E-state index in [2.05, 4.69) is 62.5 Å². The van der Waals surface area contributed by atoms with Crippen LogP contribution in [0.4, 0.5) is 0 Å². The van der Waals surface area contributed by atoms with E-state index in [0.717, 1.165) is 27.2 Å². The van der Waals surface area contributed by atoms with Gasteiger partial charge in [0.2, 0.25) is 0 Å². The van der Waals surface area contributed by atoms with Crippen molar-refractivity contribution in [1.82, 2.24) is 19.9 Å². The number of fused-ring (bicyclic) bond motifs is 1. The summed E-state index contributed by atoms with van der Waals surface area (Å²) in [6, 6.07) is 12.4. The summed E-state index contributed by atoms with van der Waals surface area (Å²) in [7, 11) is 1.90. The lowest BCUT2D eigenvalue weighted by Gasteiger charge is -2.02. The molecule has 2 heterocycles. The van der Waals surface area contributed by atoms with Crippen LogP contribution in [0.15, 0.2) is 41.0 Å². The quantitative estimate of drug-likeness (QED) is 0.801. The first-order chi connectivity index (χ1) is 9.69. The lowest BCUT2D eigenvalue weighted by molar-refractivity contribution is 0.789. The summed E-state index contributed by atoms with van der Waals surface area (Å²) in [5.41, 5.74) is 5.09. The van der Waals surface area contributed by atoms with Crippen molar-refractivity contribution < 1.29 is 0 Å². The van der Waals surface area contributed by atoms with Gasteiger partial charge in [0.1, 0.15) is 4.60 Å². The van der Waals surface area contributed by atoms with Gasteiger partial charge < -0.3 is 5.32 Å². The minimum Gasteiger partial charge on any atom is -0.314 e. The Morgan fingerprint density at radius 3 is 2.60 bits per heavy atom. The van der Waals surface area contributed by atoms with Crippen LogP contribution in [0.25, 0.3) is 16.9 Å². The van der Waals surface area contributed by atoms with Crippen molar-refractivity contribution in [3.8, 4) is 11.3 Å². The fourth-order valence-corrected chi connectivity index (χ4v) is 2.60. The predicted octanol–water partition coefficient (Wildman–Crippen LogP) is 3.19. The molecule has 0 aliphatic heterocycles. The molecule has 0 fully saturated rings. The van der Waals surface area contributed by atoms with Crippen LogP contribution in [0.3, 0.4) is 0 Å². The third-order valence-electron chi connectivity index (χ3n) is 3.18. The number of halogens is 1. The Hall–Kier alpha value is -1.72. The molecule has 0 saturated heterocycles. The first-order valence-electron chi connectivity index (χ1n) is 6.45. The van der Waals surface area contributed by atoms with Crippen LogP contribution < -0.4 is 5.32 Å². The van der Waals surface area contributed by atoms with E-state index in [1.165, 1.54) is 5.56 Å². The molecule has 102 valence electrons. The van der Waals surface area contributed by atoms with E-state index in [-0.39, 0.29) is 0 Å². The van der Waals surface area contributed by atoms with E-state index >= 15 is 0 Å². The molecule has 20 heavy (non-hydrogen) atoms. The lowest BCUT2D eigenvalue weighted by Crippen LogP contribution is -2.05. The summed E-state index contributed by atoms with van der Waals surface area (Å²) in [6.45, 7) is 2.79. The van der Waals surface area contributed by atoms with Gasteiger partial charge in [-0.25, -0.2) is 9.50 Å². The van der Waals surface area contributed by atoms with Crippen molar-refractivity contribution in [1.29, 1.82) is 0 Å². The molecule has 0 aliphatic carbocycles. The Bertz CT molecular complexity index is 746. The predicted molar refractivity (Wildman–Crippen MR) is 83.6 cm³/mol. The lowest BCUT2D eigenvalue weighted by atomic mass is 10.1. The van der Waals surface area contributed by atoms with E-state index in [1.807, 2.05) is 23.7 Å². The summed E-state index contributed by atoms with van der Waals surface area (Å²) in [5, 5.41) is 7.76. The maximum atomic E-state index is 4.66. The zero-order valence-corrected chi connectivity index (χ0v) is 13.0. The highest BCUT2D eigenvalue weighted by molar-refractivity contribution is 9.10. The number of hydrogen-bond donors (Lipinski definition) is 1. The molecule has 0 aliphatic rings. The Balaban J connectivity index is 2.10. The average Bonchev–Trinajstić information content (AvgIpc) is 2.77. The van der Waals surface area contributed by atoms with Crippen LogP contribution >= 0.6 is 15.9 Å². The minimum absolute atomic E-state index is 0.712. The van der Waals surface area contributed by atoms with Crippen LogP contribution in [-0.4, -0.2) is 21.6 Å². The fraction of sp³-hybridized carbons (Fsp3) is 0.200. The Labute approximate surface area is 126 Å².